The monoisotopic (exact) mass is 289 g/mol. The van der Waals surface area contributed by atoms with Crippen molar-refractivity contribution in [2.75, 3.05) is 19.7 Å². The van der Waals surface area contributed by atoms with Crippen molar-refractivity contribution >= 4 is 23.4 Å². The van der Waals surface area contributed by atoms with E-state index in [2.05, 4.69) is 15.4 Å². The van der Waals surface area contributed by atoms with E-state index in [-0.39, 0.29) is 12.4 Å². The van der Waals surface area contributed by atoms with E-state index in [1.54, 1.807) is 35.5 Å². The third-order valence-electron chi connectivity index (χ3n) is 3.03. The first kappa shape index (κ1) is 15.3. The molecule has 7 heteroatoms. The first-order chi connectivity index (χ1) is 10.2. The summed E-state index contributed by atoms with van der Waals surface area (Å²) in [6.45, 7) is 2.85. The van der Waals surface area contributed by atoms with Crippen molar-refractivity contribution in [3.63, 3.8) is 0 Å². The Morgan fingerprint density at radius 1 is 1.38 bits per heavy atom. The second-order valence-electron chi connectivity index (χ2n) is 4.48. The maximum absolute atomic E-state index is 9.82. The Kier molecular flexibility index (Phi) is 5.15. The number of rotatable bonds is 6. The lowest BCUT2D eigenvalue weighted by Crippen LogP contribution is -2.25. The Balaban J connectivity index is 2.06. The summed E-state index contributed by atoms with van der Waals surface area (Å²) in [7, 11) is 0. The third kappa shape index (κ3) is 3.72. The molecule has 0 bridgehead atoms. The Morgan fingerprint density at radius 3 is 2.67 bits per heavy atom. The molecule has 0 fully saturated rings. The molecule has 1 heterocycles. The van der Waals surface area contributed by atoms with Crippen molar-refractivity contribution < 1.29 is 10.2 Å². The van der Waals surface area contributed by atoms with E-state index in [0.29, 0.717) is 30.1 Å². The highest BCUT2D eigenvalue weighted by Crippen LogP contribution is 2.18. The van der Waals surface area contributed by atoms with Crippen LogP contribution in [0.25, 0.3) is 0 Å². The summed E-state index contributed by atoms with van der Waals surface area (Å²) in [6.07, 6.45) is 0.748. The van der Waals surface area contributed by atoms with Crippen LogP contribution in [0.15, 0.2) is 34.4 Å². The molecule has 0 aliphatic carbocycles. The van der Waals surface area contributed by atoms with Gasteiger partial charge in [0.15, 0.2) is 5.84 Å². The molecule has 0 aromatic heterocycles. The molecule has 0 radical (unpaired) electrons. The Labute approximate surface area is 123 Å². The van der Waals surface area contributed by atoms with Crippen LogP contribution in [-0.4, -0.2) is 52.7 Å². The fourth-order valence-electron chi connectivity index (χ4n) is 1.89. The highest BCUT2D eigenvalue weighted by atomic mass is 16.3. The number of nitrogens with zero attached hydrogens (tertiary/aromatic N) is 3. The van der Waals surface area contributed by atoms with Crippen molar-refractivity contribution in [3.05, 3.63) is 29.8 Å². The Bertz CT molecular complexity index is 553. The number of benzene rings is 1. The van der Waals surface area contributed by atoms with Crippen LogP contribution < -0.4 is 5.32 Å². The second-order valence-corrected chi connectivity index (χ2v) is 4.48. The molecular formula is C14H19N5O2. The number of hydrogen-bond donors (Lipinski definition) is 4. The Morgan fingerprint density at radius 2 is 2.10 bits per heavy atom. The van der Waals surface area contributed by atoms with Crippen molar-refractivity contribution in [2.45, 2.75) is 13.2 Å². The zero-order valence-corrected chi connectivity index (χ0v) is 11.8. The third-order valence-corrected chi connectivity index (χ3v) is 3.03. The van der Waals surface area contributed by atoms with Crippen molar-refractivity contribution in [2.24, 2.45) is 10.1 Å². The van der Waals surface area contributed by atoms with Gasteiger partial charge in [-0.1, -0.05) is 12.1 Å². The van der Waals surface area contributed by atoms with Crippen LogP contribution in [0.2, 0.25) is 0 Å². The minimum absolute atomic E-state index is 0.0296. The van der Waals surface area contributed by atoms with Gasteiger partial charge < -0.3 is 10.2 Å². The molecule has 0 saturated carbocycles. The maximum atomic E-state index is 9.82. The molecule has 21 heavy (non-hydrogen) atoms. The largest absolute Gasteiger partial charge is 0.395 e. The molecule has 1 aliphatic rings. The summed E-state index contributed by atoms with van der Waals surface area (Å²) >= 11 is 0. The van der Waals surface area contributed by atoms with Gasteiger partial charge in [0.2, 0.25) is 0 Å². The summed E-state index contributed by atoms with van der Waals surface area (Å²) in [4.78, 5) is 4.36. The topological polar surface area (TPSA) is 104 Å². The van der Waals surface area contributed by atoms with E-state index in [9.17, 15) is 5.11 Å². The number of aliphatic imine (C=N–C) groups is 1. The average molecular weight is 289 g/mol. The van der Waals surface area contributed by atoms with E-state index < -0.39 is 6.23 Å². The molecule has 1 aliphatic heterocycles. The number of aliphatic hydroxyl groups excluding tert-OH is 2. The lowest BCUT2D eigenvalue weighted by Gasteiger charge is -2.12. The quantitative estimate of drug-likeness (QED) is 0.576. The zero-order valence-electron chi connectivity index (χ0n) is 11.8. The summed E-state index contributed by atoms with van der Waals surface area (Å²) in [6, 6.07) is 7.04. The Hall–Kier alpha value is -2.09. The van der Waals surface area contributed by atoms with Crippen LogP contribution in [0.1, 0.15) is 18.7 Å². The number of amidine groups is 1. The van der Waals surface area contributed by atoms with Gasteiger partial charge in [0, 0.05) is 13.1 Å². The van der Waals surface area contributed by atoms with Gasteiger partial charge in [0.05, 0.1) is 18.5 Å². The predicted molar refractivity (Wildman–Crippen MR) is 82.2 cm³/mol. The molecule has 1 atom stereocenters. The van der Waals surface area contributed by atoms with E-state index in [0.717, 1.165) is 0 Å². The van der Waals surface area contributed by atoms with Crippen LogP contribution in [0.5, 0.6) is 0 Å². The molecule has 4 N–H and O–H groups in total. The number of aliphatic hydroxyl groups is 2. The van der Waals surface area contributed by atoms with Crippen LogP contribution in [0.4, 0.5) is 5.69 Å². The minimum Gasteiger partial charge on any atom is -0.395 e. The van der Waals surface area contributed by atoms with E-state index in [4.69, 9.17) is 10.5 Å². The summed E-state index contributed by atoms with van der Waals surface area (Å²) in [5, 5.41) is 34.8. The highest BCUT2D eigenvalue weighted by Gasteiger charge is 2.18. The van der Waals surface area contributed by atoms with Crippen LogP contribution in [0, 0.1) is 5.41 Å². The van der Waals surface area contributed by atoms with Crippen LogP contribution in [-0.2, 0) is 0 Å². The van der Waals surface area contributed by atoms with Gasteiger partial charge >= 0.3 is 0 Å². The van der Waals surface area contributed by atoms with Crippen molar-refractivity contribution in [1.82, 2.24) is 10.3 Å². The molecule has 1 unspecified atom stereocenters. The maximum Gasteiger partial charge on any atom is 0.169 e. The van der Waals surface area contributed by atoms with Gasteiger partial charge in [-0.2, -0.15) is 5.10 Å². The molecule has 2 rings (SSSR count). The lowest BCUT2D eigenvalue weighted by molar-refractivity contribution is 0.129. The number of hydrogen-bond acceptors (Lipinski definition) is 6. The normalized spacial score (nSPS) is 17.8. The van der Waals surface area contributed by atoms with Crippen LogP contribution >= 0.6 is 0 Å². The van der Waals surface area contributed by atoms with Gasteiger partial charge in [0.1, 0.15) is 11.9 Å². The molecule has 1 aromatic rings. The SMILES string of the molecule is CCN1N=CC(=Nc2ccc(C(O)NCCO)cc2)C1=N. The summed E-state index contributed by atoms with van der Waals surface area (Å²) in [5.41, 5.74) is 1.90. The number of nitrogens with one attached hydrogen (secondary N) is 2. The summed E-state index contributed by atoms with van der Waals surface area (Å²) in [5.74, 6) is 0.284. The van der Waals surface area contributed by atoms with Gasteiger partial charge in [-0.15, -0.1) is 0 Å². The van der Waals surface area contributed by atoms with Crippen molar-refractivity contribution in [3.8, 4) is 0 Å². The van der Waals surface area contributed by atoms with Gasteiger partial charge in [-0.25, -0.2) is 10.0 Å². The highest BCUT2D eigenvalue weighted by molar-refractivity contribution is 6.63. The van der Waals surface area contributed by atoms with E-state index in [1.165, 1.54) is 0 Å². The molecule has 7 nitrogen and oxygen atoms in total. The molecular weight excluding hydrogens is 270 g/mol. The van der Waals surface area contributed by atoms with E-state index in [1.807, 2.05) is 6.92 Å². The van der Waals surface area contributed by atoms with Crippen LogP contribution in [0.3, 0.4) is 0 Å². The molecule has 0 saturated heterocycles. The molecule has 112 valence electrons. The predicted octanol–water partition coefficient (Wildman–Crippen LogP) is 0.630. The van der Waals surface area contributed by atoms with E-state index >= 15 is 0 Å². The molecule has 0 amide bonds. The standard InChI is InChI=1S/C14H19N5O2/c1-2-19-13(15)12(9-17-19)18-11-5-3-10(4-6-11)14(21)16-7-8-20/h3-6,9,14-16,20-21H,2,7-8H2,1H3. The minimum atomic E-state index is -0.819. The molecule has 0 spiro atoms. The number of hydrazone groups is 1. The average Bonchev–Trinajstić information content (AvgIpc) is 2.86. The zero-order chi connectivity index (χ0) is 15.2. The fourth-order valence-corrected chi connectivity index (χ4v) is 1.89. The van der Waals surface area contributed by atoms with Gasteiger partial charge in [-0.3, -0.25) is 10.7 Å². The fraction of sp³-hybridized carbons (Fsp3) is 0.357. The van der Waals surface area contributed by atoms with Gasteiger partial charge in [0.25, 0.3) is 0 Å². The smallest absolute Gasteiger partial charge is 0.169 e. The van der Waals surface area contributed by atoms with Crippen molar-refractivity contribution in [1.29, 1.82) is 5.41 Å². The first-order valence-electron chi connectivity index (χ1n) is 6.77. The first-order valence-corrected chi connectivity index (χ1v) is 6.77. The second kappa shape index (κ2) is 7.07. The molecule has 1 aromatic carbocycles. The van der Waals surface area contributed by atoms with Gasteiger partial charge in [-0.05, 0) is 24.6 Å². The summed E-state index contributed by atoms with van der Waals surface area (Å²) < 4.78 is 0. The lowest BCUT2D eigenvalue weighted by atomic mass is 10.2.